The first-order valence-corrected chi connectivity index (χ1v) is 15.2. The SMILES string of the molecule is CNC(=O)[C@@]12C[C@@H]1[C@@H](n1cnc3c4nc(nc31)C#Cc1cccc(c1)OC/C=C\COc1cc(ccc1OC)CCN4)[C@@H](O)C2O. The lowest BCUT2D eigenvalue weighted by molar-refractivity contribution is -0.132. The van der Waals surface area contributed by atoms with Crippen LogP contribution in [-0.2, 0) is 11.2 Å². The predicted octanol–water partition coefficient (Wildman–Crippen LogP) is 2.25. The van der Waals surface area contributed by atoms with Gasteiger partial charge in [0.05, 0.1) is 31.0 Å². The van der Waals surface area contributed by atoms with Gasteiger partial charge >= 0.3 is 0 Å². The molecule has 1 unspecified atom stereocenters. The Balaban J connectivity index is 1.28. The summed E-state index contributed by atoms with van der Waals surface area (Å²) in [6, 6.07) is 12.7. The highest BCUT2D eigenvalue weighted by atomic mass is 16.5. The van der Waals surface area contributed by atoms with Gasteiger partial charge in [0.15, 0.2) is 28.5 Å². The van der Waals surface area contributed by atoms with Crippen LogP contribution in [0.15, 0.2) is 60.9 Å². The van der Waals surface area contributed by atoms with Gasteiger partial charge in [0.25, 0.3) is 0 Å². The van der Waals surface area contributed by atoms with E-state index in [1.54, 1.807) is 18.0 Å². The molecular weight excluding hydrogens is 588 g/mol. The quantitative estimate of drug-likeness (QED) is 0.198. The summed E-state index contributed by atoms with van der Waals surface area (Å²) < 4.78 is 19.1. The van der Waals surface area contributed by atoms with Gasteiger partial charge in [0, 0.05) is 25.1 Å². The molecule has 2 aromatic heterocycles. The van der Waals surface area contributed by atoms with Crippen molar-refractivity contribution >= 4 is 22.9 Å². The number of nitrogens with zero attached hydrogens (tertiary/aromatic N) is 4. The number of aromatic nitrogens is 4. The summed E-state index contributed by atoms with van der Waals surface area (Å²) in [6.45, 7) is 1.24. The number of ether oxygens (including phenoxy) is 3. The van der Waals surface area contributed by atoms with Crippen LogP contribution in [0, 0.1) is 23.2 Å². The molecule has 12 heteroatoms. The Kier molecular flexibility index (Phi) is 7.72. The van der Waals surface area contributed by atoms with Crippen molar-refractivity contribution in [3.05, 3.63) is 77.9 Å². The monoisotopic (exact) mass is 622 g/mol. The molecule has 2 saturated carbocycles. The third-order valence-electron chi connectivity index (χ3n) is 9.00. The summed E-state index contributed by atoms with van der Waals surface area (Å²) in [4.78, 5) is 26.8. The number of benzene rings is 2. The number of hydrogen-bond donors (Lipinski definition) is 4. The highest BCUT2D eigenvalue weighted by Crippen LogP contribution is 2.67. The highest BCUT2D eigenvalue weighted by Gasteiger charge is 2.75. The summed E-state index contributed by atoms with van der Waals surface area (Å²) in [6.07, 6.45) is 4.10. The second-order valence-corrected chi connectivity index (χ2v) is 11.6. The Morgan fingerprint density at radius 2 is 1.98 bits per heavy atom. The van der Waals surface area contributed by atoms with Crippen LogP contribution >= 0.6 is 0 Å². The topological polar surface area (TPSA) is 153 Å². The fourth-order valence-corrected chi connectivity index (χ4v) is 6.63. The Morgan fingerprint density at radius 3 is 2.80 bits per heavy atom. The summed E-state index contributed by atoms with van der Waals surface area (Å²) in [7, 11) is 3.15. The lowest BCUT2D eigenvalue weighted by Gasteiger charge is -2.23. The number of carbonyl (C=O) groups excluding carboxylic acids is 1. The number of rotatable bonds is 3. The van der Waals surface area contributed by atoms with Crippen molar-refractivity contribution in [2.75, 3.05) is 39.2 Å². The van der Waals surface area contributed by atoms with E-state index >= 15 is 0 Å². The third-order valence-corrected chi connectivity index (χ3v) is 9.00. The Bertz CT molecular complexity index is 1900. The standard InChI is InChI=1S/C34H34N6O6/c1-35-33(43)34-18-23(34)28(29(41)30(34)42)40-19-37-27-31-36-13-12-21-8-10-24(44-2)25(17-21)46-15-4-3-14-45-22-7-5-6-20(16-22)9-11-26(38-31)39-32(27)40/h3-8,10,16-17,19,23,28-30,41-42H,12-15,18H2,1-2H3,(H,35,43)(H,36,38,39)/b4-3-/t23-,28-,29-,30?,34+/m1/s1. The normalized spacial score (nSPS) is 25.8. The second-order valence-electron chi connectivity index (χ2n) is 11.6. The van der Waals surface area contributed by atoms with Gasteiger partial charge in [-0.3, -0.25) is 4.79 Å². The molecule has 2 fully saturated rings. The molecule has 5 atom stereocenters. The molecule has 4 aromatic rings. The van der Waals surface area contributed by atoms with Gasteiger partial charge in [-0.1, -0.05) is 18.1 Å². The molecular formula is C34H34N6O6. The molecule has 7 rings (SSSR count). The van der Waals surface area contributed by atoms with Gasteiger partial charge in [-0.15, -0.1) is 0 Å². The molecule has 3 heterocycles. The average Bonchev–Trinajstić information content (AvgIpc) is 3.61. The number of hydrogen-bond acceptors (Lipinski definition) is 10. The van der Waals surface area contributed by atoms with E-state index in [0.717, 1.165) is 11.1 Å². The zero-order valence-electron chi connectivity index (χ0n) is 25.4. The highest BCUT2D eigenvalue weighted by molar-refractivity contribution is 5.88. The Morgan fingerprint density at radius 1 is 1.13 bits per heavy atom. The van der Waals surface area contributed by atoms with Crippen molar-refractivity contribution < 1.29 is 29.2 Å². The van der Waals surface area contributed by atoms with Crippen molar-refractivity contribution in [2.24, 2.45) is 11.3 Å². The molecule has 1 aliphatic heterocycles. The first-order valence-electron chi connectivity index (χ1n) is 15.2. The molecule has 4 N–H and O–H groups in total. The Labute approximate surface area is 265 Å². The van der Waals surface area contributed by atoms with E-state index in [-0.39, 0.29) is 17.6 Å². The van der Waals surface area contributed by atoms with E-state index in [1.165, 1.54) is 7.05 Å². The van der Waals surface area contributed by atoms with E-state index in [0.29, 0.717) is 66.8 Å². The molecule has 3 aliphatic rings. The number of aliphatic hydroxyl groups is 2. The summed E-state index contributed by atoms with van der Waals surface area (Å²) >= 11 is 0. The summed E-state index contributed by atoms with van der Waals surface area (Å²) in [5, 5.41) is 28.1. The van der Waals surface area contributed by atoms with Gasteiger partial charge < -0.3 is 39.6 Å². The lowest BCUT2D eigenvalue weighted by Crippen LogP contribution is -2.41. The van der Waals surface area contributed by atoms with Crippen molar-refractivity contribution in [1.82, 2.24) is 24.8 Å². The number of imidazole rings is 1. The van der Waals surface area contributed by atoms with Crippen LogP contribution in [0.25, 0.3) is 11.2 Å². The molecule has 0 radical (unpaired) electrons. The minimum absolute atomic E-state index is 0.252. The summed E-state index contributed by atoms with van der Waals surface area (Å²) in [5.74, 6) is 8.34. The molecule has 0 saturated heterocycles. The van der Waals surface area contributed by atoms with E-state index in [2.05, 4.69) is 27.5 Å². The number of carbonyl (C=O) groups is 1. The van der Waals surface area contributed by atoms with E-state index in [4.69, 9.17) is 24.2 Å². The number of anilines is 1. The minimum Gasteiger partial charge on any atom is -0.493 e. The number of nitrogens with one attached hydrogen (secondary N) is 2. The molecule has 6 bridgehead atoms. The maximum Gasteiger partial charge on any atom is 0.229 e. The third kappa shape index (κ3) is 5.17. The molecule has 0 spiro atoms. The van der Waals surface area contributed by atoms with Crippen LogP contribution in [0.1, 0.15) is 29.4 Å². The number of amides is 1. The average molecular weight is 623 g/mol. The van der Waals surface area contributed by atoms with Crippen LogP contribution < -0.4 is 24.8 Å². The predicted molar refractivity (Wildman–Crippen MR) is 169 cm³/mol. The van der Waals surface area contributed by atoms with Crippen molar-refractivity contribution in [3.8, 4) is 29.1 Å². The Hall–Kier alpha value is -5.12. The molecule has 1 amide bonds. The van der Waals surface area contributed by atoms with Crippen molar-refractivity contribution in [2.45, 2.75) is 31.1 Å². The first-order chi connectivity index (χ1) is 22.4. The number of fused-ring (bicyclic) bond motifs is 9. The van der Waals surface area contributed by atoms with Crippen LogP contribution in [-0.4, -0.2) is 81.8 Å². The largest absolute Gasteiger partial charge is 0.493 e. The smallest absolute Gasteiger partial charge is 0.229 e. The fourth-order valence-electron chi connectivity index (χ4n) is 6.63. The number of aliphatic hydroxyl groups excluding tert-OH is 2. The van der Waals surface area contributed by atoms with Gasteiger partial charge in [0.1, 0.15) is 25.1 Å². The lowest BCUT2D eigenvalue weighted by atomic mass is 9.98. The molecule has 2 aliphatic carbocycles. The summed E-state index contributed by atoms with van der Waals surface area (Å²) in [5.41, 5.74) is 1.66. The first kappa shape index (κ1) is 29.6. The van der Waals surface area contributed by atoms with E-state index in [9.17, 15) is 15.0 Å². The molecule has 12 nitrogen and oxygen atoms in total. The van der Waals surface area contributed by atoms with Gasteiger partial charge in [-0.25, -0.2) is 15.0 Å². The zero-order valence-corrected chi connectivity index (χ0v) is 25.4. The van der Waals surface area contributed by atoms with Gasteiger partial charge in [-0.2, -0.15) is 0 Å². The van der Waals surface area contributed by atoms with E-state index < -0.39 is 23.7 Å². The van der Waals surface area contributed by atoms with Gasteiger partial charge in [0.2, 0.25) is 11.7 Å². The number of methoxy groups -OCH3 is 1. The van der Waals surface area contributed by atoms with Crippen LogP contribution in [0.3, 0.4) is 0 Å². The zero-order chi connectivity index (χ0) is 31.8. The van der Waals surface area contributed by atoms with Crippen LogP contribution in [0.2, 0.25) is 0 Å². The van der Waals surface area contributed by atoms with E-state index in [1.807, 2.05) is 54.6 Å². The van der Waals surface area contributed by atoms with Crippen molar-refractivity contribution in [3.63, 3.8) is 0 Å². The second kappa shape index (κ2) is 12.0. The van der Waals surface area contributed by atoms with Crippen LogP contribution in [0.5, 0.6) is 17.2 Å². The minimum atomic E-state index is -1.21. The fraction of sp³-hybridized carbons (Fsp3) is 0.353. The van der Waals surface area contributed by atoms with Gasteiger partial charge in [-0.05, 0) is 66.8 Å². The molecule has 2 aromatic carbocycles. The maximum atomic E-state index is 12.7. The molecule has 236 valence electrons. The van der Waals surface area contributed by atoms with Crippen molar-refractivity contribution in [1.29, 1.82) is 0 Å². The maximum absolute atomic E-state index is 12.7. The molecule has 46 heavy (non-hydrogen) atoms. The van der Waals surface area contributed by atoms with Crippen LogP contribution in [0.4, 0.5) is 5.82 Å².